The lowest BCUT2D eigenvalue weighted by molar-refractivity contribution is -0.441. The van der Waals surface area contributed by atoms with E-state index >= 15 is 0 Å². The molecule has 3 aromatic rings. The molecule has 0 aliphatic rings. The predicted molar refractivity (Wildman–Crippen MR) is 94.8 cm³/mol. The number of hydrogen-bond donors (Lipinski definition) is 1. The van der Waals surface area contributed by atoms with Crippen LogP contribution in [-0.2, 0) is 5.75 Å². The summed E-state index contributed by atoms with van der Waals surface area (Å²) < 4.78 is 2.80. The summed E-state index contributed by atoms with van der Waals surface area (Å²) in [4.78, 5) is 0.818. The Hall–Kier alpha value is -1.15. The summed E-state index contributed by atoms with van der Waals surface area (Å²) in [5.74, 6) is 2.08. The summed E-state index contributed by atoms with van der Waals surface area (Å²) in [7, 11) is 0. The molecule has 1 aromatic carbocycles. The summed E-state index contributed by atoms with van der Waals surface area (Å²) in [5.41, 5.74) is 5.34. The second-order valence-electron chi connectivity index (χ2n) is 5.49. The number of rotatable bonds is 6. The summed E-state index contributed by atoms with van der Waals surface area (Å²) in [6, 6.07) is 7.98. The van der Waals surface area contributed by atoms with Gasteiger partial charge in [-0.3, -0.25) is 0 Å². The third kappa shape index (κ3) is 3.52. The summed E-state index contributed by atoms with van der Waals surface area (Å²) in [6.07, 6.45) is 1.06. The molecule has 0 amide bonds. The van der Waals surface area contributed by atoms with Crippen molar-refractivity contribution in [1.29, 1.82) is 0 Å². The molecule has 0 spiro atoms. The minimum absolute atomic E-state index is 0.0958. The molecular formula is C15H19ClN5S2+. The Labute approximate surface area is 148 Å². The normalized spacial score (nSPS) is 14.3. The molecule has 0 saturated heterocycles. The summed E-state index contributed by atoms with van der Waals surface area (Å²) in [6.45, 7) is 4.34. The second kappa shape index (κ2) is 7.17. The van der Waals surface area contributed by atoms with Crippen molar-refractivity contribution in [1.82, 2.24) is 19.8 Å². The zero-order valence-electron chi connectivity index (χ0n) is 13.1. The van der Waals surface area contributed by atoms with Gasteiger partial charge in [0.1, 0.15) is 6.04 Å². The highest BCUT2D eigenvalue weighted by molar-refractivity contribution is 8.00. The molecule has 3 rings (SSSR count). The van der Waals surface area contributed by atoms with E-state index in [2.05, 4.69) is 34.9 Å². The first-order chi connectivity index (χ1) is 11.1. The van der Waals surface area contributed by atoms with Crippen LogP contribution in [0.1, 0.15) is 37.7 Å². The van der Waals surface area contributed by atoms with E-state index in [1.54, 1.807) is 23.1 Å². The van der Waals surface area contributed by atoms with Crippen molar-refractivity contribution < 1.29 is 5.73 Å². The van der Waals surface area contributed by atoms with Crippen LogP contribution in [0.15, 0.2) is 28.6 Å². The summed E-state index contributed by atoms with van der Waals surface area (Å²) in [5, 5.41) is 13.9. The highest BCUT2D eigenvalue weighted by Crippen LogP contribution is 2.30. The number of benzene rings is 1. The Morgan fingerprint density at radius 1 is 1.35 bits per heavy atom. The molecule has 0 aliphatic carbocycles. The average Bonchev–Trinajstić information content (AvgIpc) is 3.12. The van der Waals surface area contributed by atoms with Crippen LogP contribution in [0.25, 0.3) is 4.96 Å². The van der Waals surface area contributed by atoms with E-state index in [1.165, 1.54) is 0 Å². The van der Waals surface area contributed by atoms with E-state index in [0.717, 1.165) is 37.9 Å². The van der Waals surface area contributed by atoms with Gasteiger partial charge in [0, 0.05) is 16.7 Å². The van der Waals surface area contributed by atoms with Gasteiger partial charge in [0.2, 0.25) is 10.8 Å². The number of halogens is 1. The lowest BCUT2D eigenvalue weighted by atomic mass is 10.00. The van der Waals surface area contributed by atoms with Gasteiger partial charge in [-0.1, -0.05) is 66.7 Å². The SMILES string of the molecule is CC[C@H](C)[C@H]([NH3+])c1nnc2sc(SCc3ccccc3Cl)nn12. The Kier molecular flexibility index (Phi) is 5.21. The molecule has 0 saturated carbocycles. The van der Waals surface area contributed by atoms with Crippen molar-refractivity contribution in [2.75, 3.05) is 0 Å². The number of thioether (sulfide) groups is 1. The van der Waals surface area contributed by atoms with Gasteiger partial charge in [0.05, 0.1) is 0 Å². The fourth-order valence-corrected chi connectivity index (χ4v) is 4.37. The molecule has 2 atom stereocenters. The van der Waals surface area contributed by atoms with Crippen LogP contribution < -0.4 is 5.73 Å². The number of fused-ring (bicyclic) bond motifs is 1. The van der Waals surface area contributed by atoms with Crippen LogP contribution in [0.3, 0.4) is 0 Å². The molecule has 0 fully saturated rings. The fraction of sp³-hybridized carbons (Fsp3) is 0.400. The van der Waals surface area contributed by atoms with Gasteiger partial charge in [0.25, 0.3) is 0 Å². The molecule has 0 aliphatic heterocycles. The lowest BCUT2D eigenvalue weighted by Crippen LogP contribution is -2.57. The Bertz CT molecular complexity index is 800. The maximum atomic E-state index is 6.20. The van der Waals surface area contributed by atoms with Gasteiger partial charge in [-0.2, -0.15) is 4.52 Å². The van der Waals surface area contributed by atoms with Crippen molar-refractivity contribution in [3.63, 3.8) is 0 Å². The van der Waals surface area contributed by atoms with E-state index in [-0.39, 0.29) is 6.04 Å². The standard InChI is InChI=1S/C15H18ClN5S2/c1-3-9(2)12(17)13-18-19-14-21(13)20-15(23-14)22-8-10-6-4-5-7-11(10)16/h4-7,9,12H,3,8,17H2,1-2H3/p+1/t9-,12-/m0/s1. The number of quaternary nitrogens is 1. The molecule has 8 heteroatoms. The number of aromatic nitrogens is 4. The van der Waals surface area contributed by atoms with E-state index in [4.69, 9.17) is 11.6 Å². The van der Waals surface area contributed by atoms with Crippen LogP contribution >= 0.6 is 34.7 Å². The van der Waals surface area contributed by atoms with Crippen molar-refractivity contribution in [3.8, 4) is 0 Å². The molecule has 0 bridgehead atoms. The fourth-order valence-electron chi connectivity index (χ4n) is 2.20. The van der Waals surface area contributed by atoms with Gasteiger partial charge in [-0.15, -0.1) is 15.3 Å². The minimum atomic E-state index is 0.0958. The number of nitrogens with zero attached hydrogens (tertiary/aromatic N) is 4. The molecule has 122 valence electrons. The first kappa shape index (κ1) is 16.7. The maximum Gasteiger partial charge on any atom is 0.235 e. The van der Waals surface area contributed by atoms with Crippen LogP contribution in [0, 0.1) is 5.92 Å². The molecule has 23 heavy (non-hydrogen) atoms. The zero-order chi connectivity index (χ0) is 16.4. The van der Waals surface area contributed by atoms with Crippen molar-refractivity contribution in [3.05, 3.63) is 40.7 Å². The highest BCUT2D eigenvalue weighted by Gasteiger charge is 2.24. The van der Waals surface area contributed by atoms with Gasteiger partial charge >= 0.3 is 0 Å². The molecular weight excluding hydrogens is 350 g/mol. The Morgan fingerprint density at radius 3 is 2.87 bits per heavy atom. The highest BCUT2D eigenvalue weighted by atomic mass is 35.5. The average molecular weight is 369 g/mol. The smallest absolute Gasteiger partial charge is 0.235 e. The van der Waals surface area contributed by atoms with Crippen molar-refractivity contribution in [2.45, 2.75) is 36.4 Å². The quantitative estimate of drug-likeness (QED) is 0.676. The lowest BCUT2D eigenvalue weighted by Gasteiger charge is -2.11. The molecule has 3 N–H and O–H groups in total. The molecule has 0 unspecified atom stereocenters. The molecule has 0 radical (unpaired) electrons. The predicted octanol–water partition coefficient (Wildman–Crippen LogP) is 3.46. The zero-order valence-corrected chi connectivity index (χ0v) is 15.5. The maximum absolute atomic E-state index is 6.20. The van der Waals surface area contributed by atoms with Gasteiger partial charge in [-0.05, 0) is 18.1 Å². The topological polar surface area (TPSA) is 70.7 Å². The first-order valence-corrected chi connectivity index (χ1v) is 9.69. The van der Waals surface area contributed by atoms with Gasteiger partial charge in [-0.25, -0.2) is 0 Å². The van der Waals surface area contributed by atoms with Crippen LogP contribution in [-0.4, -0.2) is 19.8 Å². The van der Waals surface area contributed by atoms with Crippen LogP contribution in [0.4, 0.5) is 0 Å². The minimum Gasteiger partial charge on any atom is -0.348 e. The Morgan fingerprint density at radius 2 is 2.13 bits per heavy atom. The van der Waals surface area contributed by atoms with E-state index in [1.807, 2.05) is 28.8 Å². The van der Waals surface area contributed by atoms with Gasteiger partial charge < -0.3 is 5.73 Å². The Balaban J connectivity index is 1.78. The third-order valence-corrected chi connectivity index (χ3v) is 6.42. The van der Waals surface area contributed by atoms with E-state index in [9.17, 15) is 0 Å². The largest absolute Gasteiger partial charge is 0.348 e. The second-order valence-corrected chi connectivity index (χ2v) is 8.08. The summed E-state index contributed by atoms with van der Waals surface area (Å²) >= 11 is 9.42. The third-order valence-electron chi connectivity index (χ3n) is 3.97. The van der Waals surface area contributed by atoms with Crippen LogP contribution in [0.5, 0.6) is 0 Å². The van der Waals surface area contributed by atoms with E-state index < -0.39 is 0 Å². The first-order valence-electron chi connectivity index (χ1n) is 7.51. The molecule has 5 nitrogen and oxygen atoms in total. The monoisotopic (exact) mass is 368 g/mol. The van der Waals surface area contributed by atoms with Crippen molar-refractivity contribution >= 4 is 39.7 Å². The molecule has 2 aromatic heterocycles. The van der Waals surface area contributed by atoms with Crippen LogP contribution in [0.2, 0.25) is 5.02 Å². The van der Waals surface area contributed by atoms with Gasteiger partial charge in [0.15, 0.2) is 4.34 Å². The number of hydrogen-bond acceptors (Lipinski definition) is 5. The molecule has 2 heterocycles. The van der Waals surface area contributed by atoms with Crippen molar-refractivity contribution in [2.24, 2.45) is 5.92 Å². The van der Waals surface area contributed by atoms with E-state index in [0.29, 0.717) is 5.92 Å².